The molecular formula is C16H30N4O. The first-order valence-electron chi connectivity index (χ1n) is 7.90. The lowest BCUT2D eigenvalue weighted by Gasteiger charge is -2.12. The van der Waals surface area contributed by atoms with Gasteiger partial charge in [-0.3, -0.25) is 4.99 Å². The molecule has 0 saturated carbocycles. The molecule has 21 heavy (non-hydrogen) atoms. The largest absolute Gasteiger partial charge is 0.361 e. The average Bonchev–Trinajstić information content (AvgIpc) is 2.76. The minimum atomic E-state index is 0.789. The highest BCUT2D eigenvalue weighted by atomic mass is 16.5. The first-order chi connectivity index (χ1) is 10.0. The van der Waals surface area contributed by atoms with E-state index in [0.717, 1.165) is 42.8 Å². The van der Waals surface area contributed by atoms with Crippen LogP contribution in [0.2, 0.25) is 0 Å². The third-order valence-corrected chi connectivity index (χ3v) is 3.57. The van der Waals surface area contributed by atoms with Gasteiger partial charge in [0, 0.05) is 25.7 Å². The Hall–Kier alpha value is -1.52. The molecule has 0 aliphatic carbocycles. The highest BCUT2D eigenvalue weighted by molar-refractivity contribution is 5.79. The molecule has 0 aliphatic rings. The van der Waals surface area contributed by atoms with Crippen molar-refractivity contribution < 1.29 is 4.52 Å². The summed E-state index contributed by atoms with van der Waals surface area (Å²) in [6, 6.07) is 0. The van der Waals surface area contributed by atoms with Crippen molar-refractivity contribution in [3.8, 4) is 0 Å². The maximum absolute atomic E-state index is 5.17. The van der Waals surface area contributed by atoms with Crippen LogP contribution in [0, 0.1) is 19.8 Å². The predicted molar refractivity (Wildman–Crippen MR) is 87.7 cm³/mol. The molecule has 0 bridgehead atoms. The Labute approximate surface area is 128 Å². The third kappa shape index (κ3) is 6.65. The Morgan fingerprint density at radius 2 is 1.90 bits per heavy atom. The fourth-order valence-electron chi connectivity index (χ4n) is 2.27. The quantitative estimate of drug-likeness (QED) is 0.440. The zero-order chi connectivity index (χ0) is 15.7. The summed E-state index contributed by atoms with van der Waals surface area (Å²) in [5, 5.41) is 10.7. The Balaban J connectivity index is 2.20. The van der Waals surface area contributed by atoms with Gasteiger partial charge >= 0.3 is 0 Å². The van der Waals surface area contributed by atoms with Gasteiger partial charge in [0.25, 0.3) is 0 Å². The molecule has 0 radical (unpaired) electrons. The molecule has 1 aromatic rings. The molecule has 0 amide bonds. The van der Waals surface area contributed by atoms with Gasteiger partial charge in [0.05, 0.1) is 5.69 Å². The fourth-order valence-corrected chi connectivity index (χ4v) is 2.27. The van der Waals surface area contributed by atoms with E-state index >= 15 is 0 Å². The topological polar surface area (TPSA) is 62.5 Å². The van der Waals surface area contributed by atoms with E-state index in [2.05, 4.69) is 34.6 Å². The van der Waals surface area contributed by atoms with Crippen LogP contribution in [0.15, 0.2) is 9.52 Å². The van der Waals surface area contributed by atoms with Crippen molar-refractivity contribution in [2.45, 2.75) is 53.4 Å². The van der Waals surface area contributed by atoms with Gasteiger partial charge < -0.3 is 15.2 Å². The number of aryl methyl sites for hydroxylation is 2. The summed E-state index contributed by atoms with van der Waals surface area (Å²) in [4.78, 5) is 4.24. The second kappa shape index (κ2) is 9.42. The van der Waals surface area contributed by atoms with Crippen molar-refractivity contribution in [2.24, 2.45) is 10.9 Å². The fraction of sp³-hybridized carbons (Fsp3) is 0.750. The lowest BCUT2D eigenvalue weighted by atomic mass is 10.1. The lowest BCUT2D eigenvalue weighted by molar-refractivity contribution is 0.392. The molecule has 1 heterocycles. The van der Waals surface area contributed by atoms with Gasteiger partial charge in [0.1, 0.15) is 5.76 Å². The molecule has 1 rings (SSSR count). The van der Waals surface area contributed by atoms with Crippen LogP contribution in [0.1, 0.15) is 50.1 Å². The zero-order valence-corrected chi connectivity index (χ0v) is 14.1. The molecule has 0 aliphatic heterocycles. The molecule has 120 valence electrons. The van der Waals surface area contributed by atoms with Gasteiger partial charge in [-0.25, -0.2) is 0 Å². The molecule has 0 spiro atoms. The van der Waals surface area contributed by atoms with Crippen molar-refractivity contribution in [1.29, 1.82) is 0 Å². The van der Waals surface area contributed by atoms with Gasteiger partial charge in [-0.15, -0.1) is 0 Å². The average molecular weight is 294 g/mol. The van der Waals surface area contributed by atoms with Crippen molar-refractivity contribution in [1.82, 2.24) is 15.8 Å². The van der Waals surface area contributed by atoms with Crippen LogP contribution in [0.3, 0.4) is 0 Å². The number of hydrogen-bond donors (Lipinski definition) is 2. The van der Waals surface area contributed by atoms with Crippen molar-refractivity contribution in [2.75, 3.05) is 20.1 Å². The number of rotatable bonds is 8. The Kier molecular flexibility index (Phi) is 7.87. The highest BCUT2D eigenvalue weighted by Gasteiger charge is 2.08. The van der Waals surface area contributed by atoms with Crippen molar-refractivity contribution in [3.63, 3.8) is 0 Å². The molecule has 5 nitrogen and oxygen atoms in total. The standard InChI is InChI=1S/C16H30N4O/c1-12(2)8-6-7-10-18-16(17-5)19-11-9-15-13(3)20-21-14(15)4/h12H,6-11H2,1-5H3,(H2,17,18,19). The van der Waals surface area contributed by atoms with E-state index in [-0.39, 0.29) is 0 Å². The van der Waals surface area contributed by atoms with E-state index in [9.17, 15) is 0 Å². The van der Waals surface area contributed by atoms with Crippen LogP contribution in [0.25, 0.3) is 0 Å². The zero-order valence-electron chi connectivity index (χ0n) is 14.1. The predicted octanol–water partition coefficient (Wildman–Crippen LogP) is 2.83. The van der Waals surface area contributed by atoms with Crippen LogP contribution >= 0.6 is 0 Å². The summed E-state index contributed by atoms with van der Waals surface area (Å²) in [6.45, 7) is 10.3. The number of hydrogen-bond acceptors (Lipinski definition) is 3. The van der Waals surface area contributed by atoms with E-state index in [1.807, 2.05) is 13.8 Å². The summed E-state index contributed by atoms with van der Waals surface area (Å²) < 4.78 is 5.17. The maximum Gasteiger partial charge on any atom is 0.190 e. The summed E-state index contributed by atoms with van der Waals surface area (Å²) >= 11 is 0. The molecule has 1 aromatic heterocycles. The lowest BCUT2D eigenvalue weighted by Crippen LogP contribution is -2.38. The Morgan fingerprint density at radius 1 is 1.19 bits per heavy atom. The van der Waals surface area contributed by atoms with E-state index < -0.39 is 0 Å². The summed E-state index contributed by atoms with van der Waals surface area (Å²) in [7, 11) is 1.80. The minimum absolute atomic E-state index is 0.789. The van der Waals surface area contributed by atoms with E-state index in [4.69, 9.17) is 4.52 Å². The number of aliphatic imine (C=N–C) groups is 1. The van der Waals surface area contributed by atoms with Gasteiger partial charge in [-0.1, -0.05) is 31.8 Å². The van der Waals surface area contributed by atoms with Crippen LogP contribution in [0.5, 0.6) is 0 Å². The molecule has 5 heteroatoms. The molecule has 0 fully saturated rings. The maximum atomic E-state index is 5.17. The Bertz CT molecular complexity index is 418. The summed E-state index contributed by atoms with van der Waals surface area (Å²) in [5.41, 5.74) is 2.17. The van der Waals surface area contributed by atoms with E-state index in [1.165, 1.54) is 24.8 Å². The highest BCUT2D eigenvalue weighted by Crippen LogP contribution is 2.11. The Morgan fingerprint density at radius 3 is 2.48 bits per heavy atom. The van der Waals surface area contributed by atoms with Crippen molar-refractivity contribution in [3.05, 3.63) is 17.0 Å². The van der Waals surface area contributed by atoms with Crippen LogP contribution < -0.4 is 10.6 Å². The monoisotopic (exact) mass is 294 g/mol. The molecule has 0 atom stereocenters. The number of aromatic nitrogens is 1. The molecule has 0 aromatic carbocycles. The van der Waals surface area contributed by atoms with Gasteiger partial charge in [0.2, 0.25) is 0 Å². The van der Waals surface area contributed by atoms with E-state index in [1.54, 1.807) is 7.05 Å². The van der Waals surface area contributed by atoms with Crippen molar-refractivity contribution >= 4 is 5.96 Å². The summed E-state index contributed by atoms with van der Waals surface area (Å²) in [6.07, 6.45) is 4.64. The SMILES string of the molecule is CN=C(NCCCCC(C)C)NCCc1c(C)noc1C. The van der Waals surface area contributed by atoms with Gasteiger partial charge in [0.15, 0.2) is 5.96 Å². The second-order valence-corrected chi connectivity index (χ2v) is 5.87. The van der Waals surface area contributed by atoms with Crippen LogP contribution in [-0.2, 0) is 6.42 Å². The third-order valence-electron chi connectivity index (χ3n) is 3.57. The van der Waals surface area contributed by atoms with Crippen LogP contribution in [-0.4, -0.2) is 31.3 Å². The molecule has 2 N–H and O–H groups in total. The molecular weight excluding hydrogens is 264 g/mol. The molecule has 0 unspecified atom stereocenters. The number of nitrogens with zero attached hydrogens (tertiary/aromatic N) is 2. The first kappa shape index (κ1) is 17.5. The minimum Gasteiger partial charge on any atom is -0.361 e. The van der Waals surface area contributed by atoms with Crippen LogP contribution in [0.4, 0.5) is 0 Å². The first-order valence-corrected chi connectivity index (χ1v) is 7.90. The normalized spacial score (nSPS) is 12.0. The molecule has 0 saturated heterocycles. The number of unbranched alkanes of at least 4 members (excludes halogenated alkanes) is 1. The van der Waals surface area contributed by atoms with E-state index in [0.29, 0.717) is 0 Å². The number of guanidine groups is 1. The van der Waals surface area contributed by atoms with Gasteiger partial charge in [-0.05, 0) is 32.6 Å². The smallest absolute Gasteiger partial charge is 0.190 e. The van der Waals surface area contributed by atoms with Gasteiger partial charge in [-0.2, -0.15) is 0 Å². The second-order valence-electron chi connectivity index (χ2n) is 5.87. The number of nitrogens with one attached hydrogen (secondary N) is 2. The summed E-state index contributed by atoms with van der Waals surface area (Å²) in [5.74, 6) is 2.56.